The smallest absolute Gasteiger partial charge is 0.287 e. The van der Waals surface area contributed by atoms with E-state index in [4.69, 9.17) is 11.6 Å². The minimum Gasteiger partial charge on any atom is -0.380 e. The first-order valence-electron chi connectivity index (χ1n) is 5.55. The van der Waals surface area contributed by atoms with Crippen LogP contribution in [0.4, 0.5) is 5.69 Å². The second-order valence-electron chi connectivity index (χ2n) is 4.44. The van der Waals surface area contributed by atoms with Crippen molar-refractivity contribution in [2.24, 2.45) is 7.05 Å². The Morgan fingerprint density at radius 2 is 2.24 bits per heavy atom. The maximum atomic E-state index is 11.6. The summed E-state index contributed by atoms with van der Waals surface area (Å²) in [6, 6.07) is 0.240. The Morgan fingerprint density at radius 1 is 1.59 bits per heavy atom. The van der Waals surface area contributed by atoms with Crippen molar-refractivity contribution in [3.05, 3.63) is 21.6 Å². The molecule has 0 aliphatic rings. The lowest BCUT2D eigenvalue weighted by atomic mass is 10.2. The largest absolute Gasteiger partial charge is 0.380 e. The van der Waals surface area contributed by atoms with Gasteiger partial charge in [0.25, 0.3) is 5.56 Å². The minimum absolute atomic E-state index is 0.194. The van der Waals surface area contributed by atoms with Gasteiger partial charge in [-0.15, -0.1) is 0 Å². The third-order valence-corrected chi connectivity index (χ3v) is 2.85. The highest BCUT2D eigenvalue weighted by Gasteiger charge is 2.10. The molecule has 6 heteroatoms. The molecule has 0 aliphatic heterocycles. The van der Waals surface area contributed by atoms with E-state index in [9.17, 15) is 4.79 Å². The molecule has 0 aliphatic carbocycles. The summed E-state index contributed by atoms with van der Waals surface area (Å²) in [4.78, 5) is 13.7. The zero-order valence-electron chi connectivity index (χ0n) is 10.7. The van der Waals surface area contributed by atoms with Crippen molar-refractivity contribution in [2.45, 2.75) is 19.4 Å². The van der Waals surface area contributed by atoms with Gasteiger partial charge in [0.2, 0.25) is 0 Å². The van der Waals surface area contributed by atoms with Crippen LogP contribution in [-0.2, 0) is 7.05 Å². The molecule has 1 heterocycles. The van der Waals surface area contributed by atoms with Crippen molar-refractivity contribution in [1.82, 2.24) is 14.7 Å². The predicted octanol–water partition coefficient (Wildman–Crippen LogP) is 1.19. The number of hydrogen-bond donors (Lipinski definition) is 1. The van der Waals surface area contributed by atoms with Crippen molar-refractivity contribution in [1.29, 1.82) is 0 Å². The molecule has 1 aromatic rings. The molecule has 0 radical (unpaired) electrons. The van der Waals surface area contributed by atoms with E-state index in [-0.39, 0.29) is 16.6 Å². The quantitative estimate of drug-likeness (QED) is 0.862. The first kappa shape index (κ1) is 14.0. The Bertz CT molecular complexity index is 430. The van der Waals surface area contributed by atoms with Crippen LogP contribution < -0.4 is 10.9 Å². The first-order chi connectivity index (χ1) is 7.91. The van der Waals surface area contributed by atoms with Crippen LogP contribution in [0.15, 0.2) is 11.0 Å². The zero-order chi connectivity index (χ0) is 13.0. The average Bonchev–Trinajstić information content (AvgIpc) is 2.27. The van der Waals surface area contributed by atoms with E-state index in [2.05, 4.69) is 22.2 Å². The van der Waals surface area contributed by atoms with Crippen LogP contribution in [-0.4, -0.2) is 41.4 Å². The number of rotatable bonds is 5. The van der Waals surface area contributed by atoms with E-state index >= 15 is 0 Å². The van der Waals surface area contributed by atoms with E-state index in [1.165, 1.54) is 4.68 Å². The van der Waals surface area contributed by atoms with Crippen molar-refractivity contribution < 1.29 is 0 Å². The highest BCUT2D eigenvalue weighted by Crippen LogP contribution is 2.16. The summed E-state index contributed by atoms with van der Waals surface area (Å²) in [5.41, 5.74) is 0.317. The van der Waals surface area contributed by atoms with Crippen molar-refractivity contribution in [3.8, 4) is 0 Å². The molecule has 0 saturated heterocycles. The van der Waals surface area contributed by atoms with Crippen LogP contribution in [0.5, 0.6) is 0 Å². The number of halogens is 1. The van der Waals surface area contributed by atoms with E-state index in [0.717, 1.165) is 13.0 Å². The predicted molar refractivity (Wildman–Crippen MR) is 70.7 cm³/mol. The summed E-state index contributed by atoms with van der Waals surface area (Å²) in [6.07, 6.45) is 2.55. The second kappa shape index (κ2) is 6.02. The molecule has 1 aromatic heterocycles. The average molecular weight is 259 g/mol. The fraction of sp³-hybridized carbons (Fsp3) is 0.636. The third-order valence-electron chi connectivity index (χ3n) is 2.49. The Morgan fingerprint density at radius 3 is 2.82 bits per heavy atom. The number of hydrogen-bond acceptors (Lipinski definition) is 4. The number of aryl methyl sites for hydroxylation is 1. The Labute approximate surface area is 106 Å². The fourth-order valence-electron chi connectivity index (χ4n) is 1.40. The molecule has 1 rings (SSSR count). The van der Waals surface area contributed by atoms with E-state index in [1.807, 2.05) is 14.1 Å². The summed E-state index contributed by atoms with van der Waals surface area (Å²) in [6.45, 7) is 3.03. The maximum absolute atomic E-state index is 11.6. The number of nitrogens with one attached hydrogen (secondary N) is 1. The molecular weight excluding hydrogens is 240 g/mol. The van der Waals surface area contributed by atoms with Gasteiger partial charge < -0.3 is 10.2 Å². The third kappa shape index (κ3) is 4.02. The molecule has 1 atom stereocenters. The molecule has 0 amide bonds. The van der Waals surface area contributed by atoms with Gasteiger partial charge in [-0.3, -0.25) is 4.79 Å². The normalized spacial score (nSPS) is 12.8. The highest BCUT2D eigenvalue weighted by molar-refractivity contribution is 6.32. The molecule has 17 heavy (non-hydrogen) atoms. The molecule has 1 N–H and O–H groups in total. The molecule has 1 unspecified atom stereocenters. The lowest BCUT2D eigenvalue weighted by Gasteiger charge is -2.18. The molecule has 0 bridgehead atoms. The van der Waals surface area contributed by atoms with E-state index in [1.54, 1.807) is 13.2 Å². The lowest BCUT2D eigenvalue weighted by Crippen LogP contribution is -2.26. The van der Waals surface area contributed by atoms with Gasteiger partial charge >= 0.3 is 0 Å². The van der Waals surface area contributed by atoms with Gasteiger partial charge in [0.1, 0.15) is 5.02 Å². The lowest BCUT2D eigenvalue weighted by molar-refractivity contribution is 0.390. The van der Waals surface area contributed by atoms with E-state index in [0.29, 0.717) is 5.69 Å². The first-order valence-corrected chi connectivity index (χ1v) is 5.92. The number of nitrogens with zero attached hydrogens (tertiary/aromatic N) is 3. The molecular formula is C11H19ClN4O. The molecule has 96 valence electrons. The van der Waals surface area contributed by atoms with Crippen LogP contribution in [0, 0.1) is 0 Å². The Kier molecular flexibility index (Phi) is 4.96. The van der Waals surface area contributed by atoms with Crippen molar-refractivity contribution >= 4 is 17.3 Å². The number of anilines is 1. The molecule has 0 spiro atoms. The standard InChI is InChI=1S/C11H19ClN4O/c1-8(5-6-15(2)3)14-9-7-13-16(4)11(17)10(9)12/h7-8,14H,5-6H2,1-4H3. The summed E-state index contributed by atoms with van der Waals surface area (Å²) < 4.78 is 1.22. The van der Waals surface area contributed by atoms with Crippen LogP contribution in [0.1, 0.15) is 13.3 Å². The molecule has 0 fully saturated rings. The summed E-state index contributed by atoms with van der Waals surface area (Å²) in [5.74, 6) is 0. The van der Waals surface area contributed by atoms with Crippen LogP contribution in [0.3, 0.4) is 0 Å². The van der Waals surface area contributed by atoms with Crippen molar-refractivity contribution in [3.63, 3.8) is 0 Å². The SMILES string of the molecule is CC(CCN(C)C)Nc1cnn(C)c(=O)c1Cl. The molecule has 0 aromatic carbocycles. The van der Waals surface area contributed by atoms with Crippen LogP contribution in [0.2, 0.25) is 5.02 Å². The maximum Gasteiger partial charge on any atom is 0.287 e. The van der Waals surface area contributed by atoms with Gasteiger partial charge in [0, 0.05) is 13.1 Å². The fourth-order valence-corrected chi connectivity index (χ4v) is 1.63. The minimum atomic E-state index is -0.281. The topological polar surface area (TPSA) is 50.2 Å². The Balaban J connectivity index is 2.69. The molecule has 5 nitrogen and oxygen atoms in total. The summed E-state index contributed by atoms with van der Waals surface area (Å²) in [7, 11) is 5.63. The summed E-state index contributed by atoms with van der Waals surface area (Å²) in [5, 5.41) is 7.33. The highest BCUT2D eigenvalue weighted by atomic mass is 35.5. The van der Waals surface area contributed by atoms with Gasteiger partial charge in [0.15, 0.2) is 0 Å². The second-order valence-corrected chi connectivity index (χ2v) is 4.82. The van der Waals surface area contributed by atoms with Crippen LogP contribution in [0.25, 0.3) is 0 Å². The van der Waals surface area contributed by atoms with Gasteiger partial charge in [-0.05, 0) is 34.0 Å². The Hall–Kier alpha value is -1.07. The zero-order valence-corrected chi connectivity index (χ0v) is 11.5. The number of aromatic nitrogens is 2. The molecule has 0 saturated carbocycles. The van der Waals surface area contributed by atoms with Crippen LogP contribution >= 0.6 is 11.6 Å². The summed E-state index contributed by atoms with van der Waals surface area (Å²) >= 11 is 5.96. The van der Waals surface area contributed by atoms with Gasteiger partial charge in [-0.2, -0.15) is 5.10 Å². The van der Waals surface area contributed by atoms with Crippen molar-refractivity contribution in [2.75, 3.05) is 26.0 Å². The van der Waals surface area contributed by atoms with Gasteiger partial charge in [0.05, 0.1) is 11.9 Å². The van der Waals surface area contributed by atoms with Gasteiger partial charge in [-0.25, -0.2) is 4.68 Å². The van der Waals surface area contributed by atoms with E-state index < -0.39 is 0 Å². The monoisotopic (exact) mass is 258 g/mol. The van der Waals surface area contributed by atoms with Gasteiger partial charge in [-0.1, -0.05) is 11.6 Å².